The molecule has 0 saturated heterocycles. The molecule has 0 aliphatic heterocycles. The quantitative estimate of drug-likeness (QED) is 0.424. The Morgan fingerprint density at radius 3 is 0.750 bits per heavy atom. The van der Waals surface area contributed by atoms with Gasteiger partial charge in [0.05, 0.1) is 0 Å². The molecular formula is FeNiO2. The van der Waals surface area contributed by atoms with Gasteiger partial charge in [0, 0.05) is 0 Å². The largest absolute Gasteiger partial charge is 2.00 e. The minimum absolute atomic E-state index is 0. The summed E-state index contributed by atoms with van der Waals surface area (Å²) in [6.07, 6.45) is 0. The maximum Gasteiger partial charge on any atom is 2.00 e. The monoisotopic (exact) mass is 146 g/mol. The summed E-state index contributed by atoms with van der Waals surface area (Å²) in [6, 6.07) is 0. The zero-order chi connectivity index (χ0) is 0. The molecule has 0 heterocycles. The van der Waals surface area contributed by atoms with Crippen LogP contribution in [0, 0.1) is 0 Å². The van der Waals surface area contributed by atoms with Gasteiger partial charge in [0.2, 0.25) is 0 Å². The van der Waals surface area contributed by atoms with Crippen LogP contribution in [0.1, 0.15) is 0 Å². The van der Waals surface area contributed by atoms with E-state index in [0.29, 0.717) is 0 Å². The summed E-state index contributed by atoms with van der Waals surface area (Å²) < 4.78 is 0. The predicted octanol–water partition coefficient (Wildman–Crippen LogP) is -0.243. The Labute approximate surface area is 45.0 Å². The fourth-order valence-electron chi connectivity index (χ4n) is 0. The molecule has 0 fully saturated rings. The molecule has 0 aromatic heterocycles. The van der Waals surface area contributed by atoms with Gasteiger partial charge in [-0.15, -0.1) is 0 Å². The van der Waals surface area contributed by atoms with E-state index in [1.54, 1.807) is 0 Å². The van der Waals surface area contributed by atoms with Crippen LogP contribution >= 0.6 is 0 Å². The summed E-state index contributed by atoms with van der Waals surface area (Å²) in [5.74, 6) is 0. The normalized spacial score (nSPS) is 0. The maximum absolute atomic E-state index is 0. The van der Waals surface area contributed by atoms with Crippen LogP contribution in [-0.2, 0) is 44.5 Å². The second kappa shape index (κ2) is 38.9. The van der Waals surface area contributed by atoms with Crippen LogP contribution in [0.4, 0.5) is 0 Å². The SMILES string of the molecule is [Fe+2].[Ni+2].[O-2].[O-2]. The Morgan fingerprint density at radius 1 is 0.750 bits per heavy atom. The molecule has 0 atom stereocenters. The molecule has 0 radical (unpaired) electrons. The molecule has 4 heteroatoms. The first-order valence-electron chi connectivity index (χ1n) is 0. The minimum atomic E-state index is 0. The van der Waals surface area contributed by atoms with Crippen molar-refractivity contribution in [2.75, 3.05) is 0 Å². The van der Waals surface area contributed by atoms with Crippen molar-refractivity contribution in [3.8, 4) is 0 Å². The Hall–Kier alpha value is 0.933. The van der Waals surface area contributed by atoms with Gasteiger partial charge in [-0.2, -0.15) is 0 Å². The maximum atomic E-state index is 0. The van der Waals surface area contributed by atoms with Crippen LogP contribution in [0.5, 0.6) is 0 Å². The Morgan fingerprint density at radius 2 is 0.750 bits per heavy atom. The van der Waals surface area contributed by atoms with Crippen LogP contribution in [-0.4, -0.2) is 0 Å². The van der Waals surface area contributed by atoms with E-state index < -0.39 is 0 Å². The molecule has 0 amide bonds. The van der Waals surface area contributed by atoms with Crippen molar-refractivity contribution in [1.82, 2.24) is 0 Å². The third-order valence-electron chi connectivity index (χ3n) is 0. The number of rotatable bonds is 0. The van der Waals surface area contributed by atoms with Crippen LogP contribution in [0.15, 0.2) is 0 Å². The van der Waals surface area contributed by atoms with E-state index in [2.05, 4.69) is 0 Å². The summed E-state index contributed by atoms with van der Waals surface area (Å²) in [4.78, 5) is 0. The first kappa shape index (κ1) is 87.7. The van der Waals surface area contributed by atoms with E-state index in [9.17, 15) is 0 Å². The van der Waals surface area contributed by atoms with E-state index in [0.717, 1.165) is 0 Å². The predicted molar refractivity (Wildman–Crippen MR) is 1.37 cm³/mol. The molecule has 0 N–H and O–H groups in total. The Kier molecular flexibility index (Phi) is 852. The molecule has 2 nitrogen and oxygen atoms in total. The average Bonchev–Trinajstić information content (AvgIpc) is 0. The van der Waals surface area contributed by atoms with Gasteiger partial charge in [0.1, 0.15) is 0 Å². The van der Waals surface area contributed by atoms with Crippen LogP contribution in [0.25, 0.3) is 0 Å². The summed E-state index contributed by atoms with van der Waals surface area (Å²) in [5, 5.41) is 0. The molecule has 0 spiro atoms. The number of hydrogen-bond acceptors (Lipinski definition) is 0. The van der Waals surface area contributed by atoms with Gasteiger partial charge in [-0.05, 0) is 0 Å². The van der Waals surface area contributed by atoms with Crippen molar-refractivity contribution in [3.63, 3.8) is 0 Å². The van der Waals surface area contributed by atoms with Gasteiger partial charge in [0.25, 0.3) is 0 Å². The van der Waals surface area contributed by atoms with E-state index >= 15 is 0 Å². The molecule has 4 heavy (non-hydrogen) atoms. The van der Waals surface area contributed by atoms with Crippen LogP contribution in [0.3, 0.4) is 0 Å². The summed E-state index contributed by atoms with van der Waals surface area (Å²) in [5.41, 5.74) is 0. The van der Waals surface area contributed by atoms with Gasteiger partial charge >= 0.3 is 33.6 Å². The fraction of sp³-hybridized carbons (Fsp3) is 0. The smallest absolute Gasteiger partial charge is 2.00 e. The van der Waals surface area contributed by atoms with Crippen molar-refractivity contribution < 1.29 is 44.5 Å². The van der Waals surface area contributed by atoms with Gasteiger partial charge < -0.3 is 11.0 Å². The summed E-state index contributed by atoms with van der Waals surface area (Å²) in [7, 11) is 0. The van der Waals surface area contributed by atoms with E-state index in [-0.39, 0.29) is 44.5 Å². The average molecular weight is 147 g/mol. The molecule has 0 saturated carbocycles. The Balaban J connectivity index is 0. The third-order valence-corrected chi connectivity index (χ3v) is 0. The van der Waals surface area contributed by atoms with E-state index in [1.165, 1.54) is 0 Å². The van der Waals surface area contributed by atoms with Crippen LogP contribution < -0.4 is 0 Å². The zero-order valence-electron chi connectivity index (χ0n) is 1.49. The van der Waals surface area contributed by atoms with Crippen molar-refractivity contribution in [2.45, 2.75) is 0 Å². The van der Waals surface area contributed by atoms with E-state index in [1.807, 2.05) is 0 Å². The Bertz CT molecular complexity index is 6.00. The van der Waals surface area contributed by atoms with Gasteiger partial charge in [-0.3, -0.25) is 0 Å². The summed E-state index contributed by atoms with van der Waals surface area (Å²) >= 11 is 0. The van der Waals surface area contributed by atoms with Crippen molar-refractivity contribution in [1.29, 1.82) is 0 Å². The molecule has 0 aromatic rings. The molecule has 30 valence electrons. The van der Waals surface area contributed by atoms with Crippen molar-refractivity contribution >= 4 is 0 Å². The first-order valence-corrected chi connectivity index (χ1v) is 0. The molecule has 0 aromatic carbocycles. The summed E-state index contributed by atoms with van der Waals surface area (Å²) in [6.45, 7) is 0. The zero-order valence-corrected chi connectivity index (χ0v) is 3.58. The van der Waals surface area contributed by atoms with E-state index in [4.69, 9.17) is 0 Å². The van der Waals surface area contributed by atoms with Crippen molar-refractivity contribution in [2.24, 2.45) is 0 Å². The molecule has 0 bridgehead atoms. The van der Waals surface area contributed by atoms with Gasteiger partial charge in [0.15, 0.2) is 0 Å². The second-order valence-corrected chi connectivity index (χ2v) is 0. The molecular weight excluding hydrogens is 147 g/mol. The second-order valence-electron chi connectivity index (χ2n) is 0. The molecule has 0 aliphatic carbocycles. The topological polar surface area (TPSA) is 57.0 Å². The fourth-order valence-corrected chi connectivity index (χ4v) is 0. The molecule has 0 unspecified atom stereocenters. The van der Waals surface area contributed by atoms with Gasteiger partial charge in [-0.1, -0.05) is 0 Å². The first-order chi connectivity index (χ1) is 0. The van der Waals surface area contributed by atoms with Crippen LogP contribution in [0.2, 0.25) is 0 Å². The molecule has 0 rings (SSSR count). The molecule has 0 aliphatic rings. The standard InChI is InChI=1S/Fe.Ni.2O/q2*+2;2*-2. The minimum Gasteiger partial charge on any atom is -2.00 e. The third kappa shape index (κ3) is 12.6. The van der Waals surface area contributed by atoms with Gasteiger partial charge in [-0.25, -0.2) is 0 Å². The number of hydrogen-bond donors (Lipinski definition) is 0. The van der Waals surface area contributed by atoms with Crippen molar-refractivity contribution in [3.05, 3.63) is 0 Å².